The number of hydrogen-bond acceptors (Lipinski definition) is 6. The van der Waals surface area contributed by atoms with Crippen LogP contribution in [0, 0.1) is 14.9 Å². The number of nitrogens with zero attached hydrogens (tertiary/aromatic N) is 2. The summed E-state index contributed by atoms with van der Waals surface area (Å²) in [5, 5.41) is 9.15. The fourth-order valence-electron chi connectivity index (χ4n) is 2.34. The van der Waals surface area contributed by atoms with Gasteiger partial charge in [-0.2, -0.15) is 5.26 Å². The molecule has 7 heteroatoms. The monoisotopic (exact) mass is 486 g/mol. The highest BCUT2D eigenvalue weighted by atomic mass is 127. The molecule has 0 unspecified atom stereocenters. The van der Waals surface area contributed by atoms with Crippen molar-refractivity contribution in [2.45, 2.75) is 59.3 Å². The van der Waals surface area contributed by atoms with Crippen LogP contribution in [0.2, 0.25) is 0 Å². The molecule has 1 aromatic rings. The van der Waals surface area contributed by atoms with Gasteiger partial charge in [-0.1, -0.05) is 0 Å². The number of carbonyl (C=O) groups is 2. The van der Waals surface area contributed by atoms with Crippen LogP contribution >= 0.6 is 22.6 Å². The van der Waals surface area contributed by atoms with Crippen LogP contribution in [-0.2, 0) is 25.6 Å². The summed E-state index contributed by atoms with van der Waals surface area (Å²) in [6.45, 7) is 11.0. The van der Waals surface area contributed by atoms with Gasteiger partial charge >= 0.3 is 11.9 Å². The Labute approximate surface area is 175 Å². The fourth-order valence-corrected chi connectivity index (χ4v) is 3.08. The molecule has 0 aliphatic heterocycles. The van der Waals surface area contributed by atoms with E-state index in [1.165, 1.54) is 0 Å². The molecule has 0 heterocycles. The average molecular weight is 486 g/mol. The summed E-state index contributed by atoms with van der Waals surface area (Å²) in [7, 11) is 0. The molecule has 0 saturated heterocycles. The van der Waals surface area contributed by atoms with E-state index in [1.807, 2.05) is 6.07 Å². The molecule has 27 heavy (non-hydrogen) atoms. The highest BCUT2D eigenvalue weighted by Gasteiger charge is 2.23. The Morgan fingerprint density at radius 1 is 1.00 bits per heavy atom. The van der Waals surface area contributed by atoms with Gasteiger partial charge in [-0.05, 0) is 87.9 Å². The van der Waals surface area contributed by atoms with E-state index in [9.17, 15) is 9.59 Å². The molecule has 0 amide bonds. The number of hydrogen-bond donors (Lipinski definition) is 0. The quantitative estimate of drug-likeness (QED) is 0.451. The van der Waals surface area contributed by atoms with E-state index in [0.29, 0.717) is 12.1 Å². The van der Waals surface area contributed by atoms with Crippen LogP contribution in [0.15, 0.2) is 18.2 Å². The number of halogens is 1. The molecule has 0 N–H and O–H groups in total. The molecule has 0 aliphatic rings. The molecule has 0 atom stereocenters. The molecule has 0 aromatic heterocycles. The zero-order valence-electron chi connectivity index (χ0n) is 16.8. The van der Waals surface area contributed by atoms with Crippen molar-refractivity contribution < 1.29 is 19.1 Å². The van der Waals surface area contributed by atoms with Gasteiger partial charge in [0.05, 0.1) is 24.7 Å². The van der Waals surface area contributed by atoms with Crippen molar-refractivity contribution in [2.24, 2.45) is 0 Å². The Morgan fingerprint density at radius 3 is 1.89 bits per heavy atom. The standard InChI is InChI=1S/C20H27IN2O4/c1-19(2,3)26-17(24)12-23(13-18(25)27-20(4,5)6)11-15-7-14(10-22)8-16(21)9-15/h7-9H,11-13H2,1-6H3. The Balaban J connectivity index is 2.96. The lowest BCUT2D eigenvalue weighted by Gasteiger charge is -2.26. The lowest BCUT2D eigenvalue weighted by molar-refractivity contribution is -0.160. The van der Waals surface area contributed by atoms with E-state index in [4.69, 9.17) is 14.7 Å². The van der Waals surface area contributed by atoms with E-state index < -0.39 is 23.1 Å². The van der Waals surface area contributed by atoms with Crippen LogP contribution in [0.1, 0.15) is 52.7 Å². The number of rotatable bonds is 6. The third-order valence-corrected chi connectivity index (χ3v) is 3.66. The van der Waals surface area contributed by atoms with Crippen molar-refractivity contribution in [1.82, 2.24) is 4.90 Å². The maximum absolute atomic E-state index is 12.2. The Kier molecular flexibility index (Phi) is 8.23. The first-order valence-corrected chi connectivity index (χ1v) is 9.71. The molecule has 0 aliphatic carbocycles. The van der Waals surface area contributed by atoms with Gasteiger partial charge in [0.25, 0.3) is 0 Å². The lowest BCUT2D eigenvalue weighted by Crippen LogP contribution is -2.39. The fraction of sp³-hybridized carbons (Fsp3) is 0.550. The van der Waals surface area contributed by atoms with Crippen molar-refractivity contribution in [3.63, 3.8) is 0 Å². The van der Waals surface area contributed by atoms with Crippen LogP contribution in [0.3, 0.4) is 0 Å². The highest BCUT2D eigenvalue weighted by Crippen LogP contribution is 2.16. The smallest absolute Gasteiger partial charge is 0.320 e. The number of esters is 2. The molecule has 0 saturated carbocycles. The van der Waals surface area contributed by atoms with Gasteiger partial charge in [-0.25, -0.2) is 0 Å². The van der Waals surface area contributed by atoms with Crippen molar-refractivity contribution in [3.8, 4) is 6.07 Å². The normalized spacial score (nSPS) is 11.8. The van der Waals surface area contributed by atoms with Gasteiger partial charge in [-0.3, -0.25) is 14.5 Å². The topological polar surface area (TPSA) is 79.6 Å². The van der Waals surface area contributed by atoms with Gasteiger partial charge in [0.2, 0.25) is 0 Å². The summed E-state index contributed by atoms with van der Waals surface area (Å²) in [5.41, 5.74) is 0.159. The van der Waals surface area contributed by atoms with Crippen LogP contribution in [-0.4, -0.2) is 41.1 Å². The molecule has 0 bridgehead atoms. The largest absolute Gasteiger partial charge is 0.459 e. The number of ether oxygens (including phenoxy) is 2. The van der Waals surface area contributed by atoms with Crippen molar-refractivity contribution >= 4 is 34.5 Å². The highest BCUT2D eigenvalue weighted by molar-refractivity contribution is 14.1. The first-order chi connectivity index (χ1) is 12.3. The van der Waals surface area contributed by atoms with E-state index >= 15 is 0 Å². The molecule has 1 rings (SSSR count). The number of benzene rings is 1. The van der Waals surface area contributed by atoms with Gasteiger partial charge in [0, 0.05) is 10.1 Å². The minimum Gasteiger partial charge on any atom is -0.459 e. The van der Waals surface area contributed by atoms with E-state index in [1.54, 1.807) is 58.6 Å². The zero-order valence-corrected chi connectivity index (χ0v) is 18.9. The van der Waals surface area contributed by atoms with Crippen molar-refractivity contribution in [2.75, 3.05) is 13.1 Å². The van der Waals surface area contributed by atoms with Crippen LogP contribution in [0.5, 0.6) is 0 Å². The Bertz CT molecular complexity index is 697. The van der Waals surface area contributed by atoms with E-state index in [2.05, 4.69) is 28.7 Å². The molecule has 0 radical (unpaired) electrons. The molecule has 6 nitrogen and oxygen atoms in total. The van der Waals surface area contributed by atoms with Crippen LogP contribution < -0.4 is 0 Å². The Hall–Kier alpha value is -1.66. The first-order valence-electron chi connectivity index (χ1n) is 8.63. The lowest BCUT2D eigenvalue weighted by atomic mass is 10.1. The maximum atomic E-state index is 12.2. The van der Waals surface area contributed by atoms with Gasteiger partial charge < -0.3 is 9.47 Å². The number of carbonyl (C=O) groups excluding carboxylic acids is 2. The summed E-state index contributed by atoms with van der Waals surface area (Å²) in [6, 6.07) is 7.56. The SMILES string of the molecule is CC(C)(C)OC(=O)CN(CC(=O)OC(C)(C)C)Cc1cc(I)cc(C#N)c1. The minimum absolute atomic E-state index is 0.0517. The third-order valence-electron chi connectivity index (χ3n) is 3.04. The summed E-state index contributed by atoms with van der Waals surface area (Å²) in [4.78, 5) is 26.2. The second-order valence-electron chi connectivity index (χ2n) is 8.28. The van der Waals surface area contributed by atoms with Crippen LogP contribution in [0.25, 0.3) is 0 Å². The number of nitriles is 1. The summed E-state index contributed by atoms with van der Waals surface area (Å²) < 4.78 is 11.7. The van der Waals surface area contributed by atoms with Crippen molar-refractivity contribution in [1.29, 1.82) is 5.26 Å². The van der Waals surface area contributed by atoms with E-state index in [0.717, 1.165) is 9.13 Å². The van der Waals surface area contributed by atoms with Crippen LogP contribution in [0.4, 0.5) is 0 Å². The maximum Gasteiger partial charge on any atom is 0.320 e. The molecule has 1 aromatic carbocycles. The third kappa shape index (κ3) is 10.3. The average Bonchev–Trinajstić information content (AvgIpc) is 2.41. The van der Waals surface area contributed by atoms with Gasteiger partial charge in [0.15, 0.2) is 0 Å². The molecule has 0 fully saturated rings. The molecular formula is C20H27IN2O4. The van der Waals surface area contributed by atoms with E-state index in [-0.39, 0.29) is 13.1 Å². The second kappa shape index (κ2) is 9.51. The van der Waals surface area contributed by atoms with Gasteiger partial charge in [-0.15, -0.1) is 0 Å². The summed E-state index contributed by atoms with van der Waals surface area (Å²) >= 11 is 2.13. The zero-order chi connectivity index (χ0) is 20.8. The first kappa shape index (κ1) is 23.4. The summed E-state index contributed by atoms with van der Waals surface area (Å²) in [6.07, 6.45) is 0. The molecule has 148 valence electrons. The van der Waals surface area contributed by atoms with Gasteiger partial charge in [0.1, 0.15) is 11.2 Å². The molecular weight excluding hydrogens is 459 g/mol. The van der Waals surface area contributed by atoms with Crippen molar-refractivity contribution in [3.05, 3.63) is 32.9 Å². The predicted molar refractivity (Wildman–Crippen MR) is 111 cm³/mol. The minimum atomic E-state index is -0.606. The second-order valence-corrected chi connectivity index (χ2v) is 9.52. The predicted octanol–water partition coefficient (Wildman–Crippen LogP) is 3.65. The summed E-state index contributed by atoms with van der Waals surface area (Å²) in [5.74, 6) is -0.839. The molecule has 0 spiro atoms. The Morgan fingerprint density at radius 2 is 1.48 bits per heavy atom.